The average Bonchev–Trinajstić information content (AvgIpc) is 2.38. The fraction of sp³-hybridized carbons (Fsp3) is 0.429. The van der Waals surface area contributed by atoms with Crippen LogP contribution in [0.1, 0.15) is 36.2 Å². The van der Waals surface area contributed by atoms with Crippen molar-refractivity contribution in [2.24, 2.45) is 0 Å². The lowest BCUT2D eigenvalue weighted by Crippen LogP contribution is -2.44. The van der Waals surface area contributed by atoms with E-state index < -0.39 is 12.1 Å². The van der Waals surface area contributed by atoms with Crippen LogP contribution in [-0.2, 0) is 16.0 Å². The Bertz CT molecular complexity index is 470. The molecule has 96 valence electrons. The summed E-state index contributed by atoms with van der Waals surface area (Å²) in [4.78, 5) is 23.7. The zero-order valence-electron chi connectivity index (χ0n) is 10.6. The van der Waals surface area contributed by atoms with Gasteiger partial charge < -0.3 is 10.1 Å². The number of amides is 1. The monoisotopic (exact) mass is 247 g/mol. The van der Waals surface area contributed by atoms with Gasteiger partial charge in [0.15, 0.2) is 6.10 Å². The summed E-state index contributed by atoms with van der Waals surface area (Å²) in [6, 6.07) is 7.33. The normalized spacial score (nSPS) is 19.7. The molecule has 1 N–H and O–H groups in total. The SMILES string of the molecule is CCC(C)NC(=O)C1Cc2ccccc2C(=O)O1. The topological polar surface area (TPSA) is 55.4 Å². The van der Waals surface area contributed by atoms with Crippen LogP contribution >= 0.6 is 0 Å². The van der Waals surface area contributed by atoms with Crippen molar-refractivity contribution in [2.45, 2.75) is 38.8 Å². The van der Waals surface area contributed by atoms with E-state index in [-0.39, 0.29) is 11.9 Å². The molecule has 2 unspecified atom stereocenters. The maximum absolute atomic E-state index is 11.9. The standard InChI is InChI=1S/C14H17NO3/c1-3-9(2)15-13(16)12-8-10-6-4-5-7-11(10)14(17)18-12/h4-7,9,12H,3,8H2,1-2H3,(H,15,16). The summed E-state index contributed by atoms with van der Waals surface area (Å²) in [5.74, 6) is -0.631. The van der Waals surface area contributed by atoms with Gasteiger partial charge in [-0.2, -0.15) is 0 Å². The highest BCUT2D eigenvalue weighted by atomic mass is 16.5. The van der Waals surface area contributed by atoms with Crippen LogP contribution in [0.3, 0.4) is 0 Å². The third-order valence-electron chi connectivity index (χ3n) is 3.19. The summed E-state index contributed by atoms with van der Waals surface area (Å²) >= 11 is 0. The summed E-state index contributed by atoms with van der Waals surface area (Å²) in [5.41, 5.74) is 1.43. The molecule has 18 heavy (non-hydrogen) atoms. The lowest BCUT2D eigenvalue weighted by Gasteiger charge is -2.25. The molecule has 0 saturated heterocycles. The Morgan fingerprint density at radius 3 is 2.94 bits per heavy atom. The van der Waals surface area contributed by atoms with Gasteiger partial charge in [0.2, 0.25) is 0 Å². The van der Waals surface area contributed by atoms with Crippen LogP contribution in [0.4, 0.5) is 0 Å². The zero-order valence-corrected chi connectivity index (χ0v) is 10.6. The molecule has 1 heterocycles. The fourth-order valence-electron chi connectivity index (χ4n) is 1.92. The van der Waals surface area contributed by atoms with E-state index in [9.17, 15) is 9.59 Å². The summed E-state index contributed by atoms with van der Waals surface area (Å²) in [6.45, 7) is 3.92. The summed E-state index contributed by atoms with van der Waals surface area (Å²) in [5, 5.41) is 2.83. The largest absolute Gasteiger partial charge is 0.448 e. The molecular weight excluding hydrogens is 230 g/mol. The molecule has 2 atom stereocenters. The highest BCUT2D eigenvalue weighted by Gasteiger charge is 2.31. The number of rotatable bonds is 3. The molecule has 0 aromatic heterocycles. The van der Waals surface area contributed by atoms with E-state index >= 15 is 0 Å². The van der Waals surface area contributed by atoms with Crippen molar-refractivity contribution in [1.29, 1.82) is 0 Å². The Kier molecular flexibility index (Phi) is 3.65. The van der Waals surface area contributed by atoms with E-state index in [1.807, 2.05) is 26.0 Å². The van der Waals surface area contributed by atoms with Gasteiger partial charge >= 0.3 is 5.97 Å². The molecular formula is C14H17NO3. The van der Waals surface area contributed by atoms with Crippen molar-refractivity contribution in [3.05, 3.63) is 35.4 Å². The van der Waals surface area contributed by atoms with Gasteiger partial charge in [-0.3, -0.25) is 4.79 Å². The average molecular weight is 247 g/mol. The van der Waals surface area contributed by atoms with Crippen molar-refractivity contribution in [3.63, 3.8) is 0 Å². The van der Waals surface area contributed by atoms with Crippen molar-refractivity contribution < 1.29 is 14.3 Å². The van der Waals surface area contributed by atoms with Gasteiger partial charge in [0.25, 0.3) is 5.91 Å². The van der Waals surface area contributed by atoms with Crippen molar-refractivity contribution >= 4 is 11.9 Å². The number of carbonyl (C=O) groups is 2. The minimum Gasteiger partial charge on any atom is -0.448 e. The molecule has 1 aliphatic heterocycles. The third kappa shape index (κ3) is 2.53. The molecule has 1 aromatic rings. The first kappa shape index (κ1) is 12.6. The molecule has 0 saturated carbocycles. The molecule has 2 rings (SSSR count). The third-order valence-corrected chi connectivity index (χ3v) is 3.19. The zero-order chi connectivity index (χ0) is 13.1. The first-order chi connectivity index (χ1) is 8.61. The number of nitrogens with one attached hydrogen (secondary N) is 1. The van der Waals surface area contributed by atoms with Gasteiger partial charge in [-0.15, -0.1) is 0 Å². The number of cyclic esters (lactones) is 1. The van der Waals surface area contributed by atoms with Gasteiger partial charge in [-0.25, -0.2) is 4.79 Å². The van der Waals surface area contributed by atoms with Crippen LogP contribution in [-0.4, -0.2) is 24.0 Å². The molecule has 1 aromatic carbocycles. The molecule has 0 bridgehead atoms. The highest BCUT2D eigenvalue weighted by molar-refractivity contribution is 5.95. The van der Waals surface area contributed by atoms with Crippen molar-refractivity contribution in [2.75, 3.05) is 0 Å². The number of benzene rings is 1. The van der Waals surface area contributed by atoms with E-state index in [1.54, 1.807) is 12.1 Å². The summed E-state index contributed by atoms with van der Waals surface area (Å²) in [6.07, 6.45) is 0.592. The fourth-order valence-corrected chi connectivity index (χ4v) is 1.92. The quantitative estimate of drug-likeness (QED) is 0.827. The summed E-state index contributed by atoms with van der Waals surface area (Å²) in [7, 11) is 0. The Morgan fingerprint density at radius 2 is 2.22 bits per heavy atom. The van der Waals surface area contributed by atoms with E-state index in [4.69, 9.17) is 4.74 Å². The Balaban J connectivity index is 2.11. The molecule has 4 heteroatoms. The predicted molar refractivity (Wildman–Crippen MR) is 67.2 cm³/mol. The number of hydrogen-bond acceptors (Lipinski definition) is 3. The van der Waals surface area contributed by atoms with Crippen molar-refractivity contribution in [3.8, 4) is 0 Å². The number of hydrogen-bond donors (Lipinski definition) is 1. The number of esters is 1. The van der Waals surface area contributed by atoms with Crippen LogP contribution < -0.4 is 5.32 Å². The molecule has 1 aliphatic rings. The lowest BCUT2D eigenvalue weighted by atomic mass is 9.98. The van der Waals surface area contributed by atoms with Crippen LogP contribution in [0.25, 0.3) is 0 Å². The second-order valence-electron chi connectivity index (χ2n) is 4.57. The molecule has 0 radical (unpaired) electrons. The Hall–Kier alpha value is -1.84. The molecule has 1 amide bonds. The van der Waals surface area contributed by atoms with E-state index in [2.05, 4.69) is 5.32 Å². The summed E-state index contributed by atoms with van der Waals surface area (Å²) < 4.78 is 5.17. The smallest absolute Gasteiger partial charge is 0.339 e. The number of carbonyl (C=O) groups excluding carboxylic acids is 2. The Labute approximate surface area is 106 Å². The minimum atomic E-state index is -0.707. The van der Waals surface area contributed by atoms with Gasteiger partial charge in [0.05, 0.1) is 5.56 Å². The van der Waals surface area contributed by atoms with Crippen LogP contribution in [0.2, 0.25) is 0 Å². The van der Waals surface area contributed by atoms with Gasteiger partial charge in [-0.1, -0.05) is 25.1 Å². The molecule has 4 nitrogen and oxygen atoms in total. The predicted octanol–water partition coefficient (Wildman–Crippen LogP) is 1.68. The number of ether oxygens (including phenoxy) is 1. The minimum absolute atomic E-state index is 0.0911. The highest BCUT2D eigenvalue weighted by Crippen LogP contribution is 2.20. The molecule has 0 aliphatic carbocycles. The second-order valence-corrected chi connectivity index (χ2v) is 4.57. The maximum Gasteiger partial charge on any atom is 0.339 e. The first-order valence-corrected chi connectivity index (χ1v) is 6.21. The van der Waals surface area contributed by atoms with Gasteiger partial charge in [-0.05, 0) is 25.0 Å². The van der Waals surface area contributed by atoms with Gasteiger partial charge in [0, 0.05) is 12.5 Å². The Morgan fingerprint density at radius 1 is 1.50 bits per heavy atom. The van der Waals surface area contributed by atoms with E-state index in [0.29, 0.717) is 12.0 Å². The molecule has 0 fully saturated rings. The number of fused-ring (bicyclic) bond motifs is 1. The van der Waals surface area contributed by atoms with Crippen LogP contribution in [0.5, 0.6) is 0 Å². The lowest BCUT2D eigenvalue weighted by molar-refractivity contribution is -0.130. The first-order valence-electron chi connectivity index (χ1n) is 6.21. The second kappa shape index (κ2) is 5.21. The van der Waals surface area contributed by atoms with Crippen molar-refractivity contribution in [1.82, 2.24) is 5.32 Å². The van der Waals surface area contributed by atoms with Gasteiger partial charge in [0.1, 0.15) is 0 Å². The van der Waals surface area contributed by atoms with E-state index in [0.717, 1.165) is 12.0 Å². The maximum atomic E-state index is 11.9. The van der Waals surface area contributed by atoms with Crippen LogP contribution in [0.15, 0.2) is 24.3 Å². The van der Waals surface area contributed by atoms with E-state index in [1.165, 1.54) is 0 Å². The molecule has 0 spiro atoms. The van der Waals surface area contributed by atoms with Crippen LogP contribution in [0, 0.1) is 0 Å².